The molecule has 2 unspecified atom stereocenters. The van der Waals surface area contributed by atoms with Crippen LogP contribution in [0.15, 0.2) is 59.1 Å². The van der Waals surface area contributed by atoms with Crippen LogP contribution in [-0.2, 0) is 49.7 Å². The third-order valence-electron chi connectivity index (χ3n) is 9.48. The minimum atomic E-state index is -0.980. The summed E-state index contributed by atoms with van der Waals surface area (Å²) in [4.78, 5) is 63.5. The Labute approximate surface area is 288 Å². The number of hydrogen-bond donors (Lipinski definition) is 3. The molecule has 4 amide bonds. The van der Waals surface area contributed by atoms with Gasteiger partial charge in [-0.3, -0.25) is 29.2 Å². The molecular weight excluding hydrogens is 645 g/mol. The van der Waals surface area contributed by atoms with Crippen LogP contribution in [0.5, 0.6) is 0 Å². The van der Waals surface area contributed by atoms with Gasteiger partial charge in [0.05, 0.1) is 31.1 Å². The van der Waals surface area contributed by atoms with Crippen molar-refractivity contribution in [1.29, 1.82) is 0 Å². The van der Waals surface area contributed by atoms with Gasteiger partial charge < -0.3 is 24.7 Å². The van der Waals surface area contributed by atoms with Gasteiger partial charge in [-0.05, 0) is 48.1 Å². The minimum Gasteiger partial charge on any atom is -0.440 e. The predicted molar refractivity (Wildman–Crippen MR) is 182 cm³/mol. The quantitative estimate of drug-likeness (QED) is 0.161. The summed E-state index contributed by atoms with van der Waals surface area (Å²) >= 11 is 0. The molecule has 0 saturated heterocycles. The van der Waals surface area contributed by atoms with Gasteiger partial charge in [0.15, 0.2) is 5.58 Å². The highest BCUT2D eigenvalue weighted by atomic mass is 19.1. The predicted octanol–water partition coefficient (Wildman–Crippen LogP) is 3.03. The number of nitrogens with zero attached hydrogens (tertiary/aromatic N) is 4. The summed E-state index contributed by atoms with van der Waals surface area (Å²) in [6.07, 6.45) is 3.10. The maximum atomic E-state index is 14.4. The maximum absolute atomic E-state index is 14.4. The van der Waals surface area contributed by atoms with E-state index in [1.807, 2.05) is 44.2 Å². The van der Waals surface area contributed by atoms with Crippen molar-refractivity contribution in [2.24, 2.45) is 5.92 Å². The van der Waals surface area contributed by atoms with Gasteiger partial charge in [-0.25, -0.2) is 9.37 Å². The molecule has 0 aliphatic carbocycles. The van der Waals surface area contributed by atoms with Crippen molar-refractivity contribution < 1.29 is 32.7 Å². The number of halogens is 1. The molecule has 2 aliphatic heterocycles. The lowest BCUT2D eigenvalue weighted by molar-refractivity contribution is -0.144. The van der Waals surface area contributed by atoms with Gasteiger partial charge in [0.1, 0.15) is 36.7 Å². The molecule has 2 aromatic heterocycles. The molecule has 0 radical (unpaired) electrons. The molecule has 3 N–H and O–H groups in total. The molecule has 0 bridgehead atoms. The van der Waals surface area contributed by atoms with E-state index in [1.54, 1.807) is 24.4 Å². The van der Waals surface area contributed by atoms with Crippen LogP contribution >= 0.6 is 0 Å². The monoisotopic (exact) mass is 687 g/mol. The summed E-state index contributed by atoms with van der Waals surface area (Å²) in [5, 5.41) is 12.6. The molecule has 0 saturated carbocycles. The summed E-state index contributed by atoms with van der Waals surface area (Å²) in [6.45, 7) is 3.20. The molecular formula is C36H42FN7O6. The van der Waals surface area contributed by atoms with Gasteiger partial charge in [-0.1, -0.05) is 50.6 Å². The van der Waals surface area contributed by atoms with E-state index >= 15 is 0 Å². The van der Waals surface area contributed by atoms with Gasteiger partial charge in [0, 0.05) is 19.2 Å². The van der Waals surface area contributed by atoms with Gasteiger partial charge in [0.2, 0.25) is 29.5 Å². The largest absolute Gasteiger partial charge is 0.440 e. The highest BCUT2D eigenvalue weighted by Crippen LogP contribution is 2.39. The maximum Gasteiger partial charge on any atom is 0.250 e. The number of para-hydroxylation sites is 3. The molecule has 6 rings (SSSR count). The Morgan fingerprint density at radius 3 is 2.72 bits per heavy atom. The Bertz CT molecular complexity index is 1800. The van der Waals surface area contributed by atoms with Crippen LogP contribution in [-0.4, -0.2) is 88.3 Å². The lowest BCUT2D eigenvalue weighted by Gasteiger charge is -2.35. The lowest BCUT2D eigenvalue weighted by Crippen LogP contribution is -2.59. The Balaban J connectivity index is 1.23. The molecule has 2 aromatic carbocycles. The van der Waals surface area contributed by atoms with Crippen molar-refractivity contribution in [3.63, 3.8) is 0 Å². The van der Waals surface area contributed by atoms with E-state index in [4.69, 9.17) is 9.15 Å². The van der Waals surface area contributed by atoms with E-state index in [9.17, 15) is 23.6 Å². The number of anilines is 1. The summed E-state index contributed by atoms with van der Waals surface area (Å²) in [5.74, 6) is -1.74. The van der Waals surface area contributed by atoms with Crippen LogP contribution in [0.1, 0.15) is 49.4 Å². The molecule has 50 heavy (non-hydrogen) atoms. The number of alkyl halides is 1. The zero-order chi connectivity index (χ0) is 35.2. The van der Waals surface area contributed by atoms with E-state index in [0.29, 0.717) is 36.8 Å². The molecule has 13 nitrogen and oxygen atoms in total. The Morgan fingerprint density at radius 2 is 1.96 bits per heavy atom. The highest BCUT2D eigenvalue weighted by molar-refractivity contribution is 6.08. The van der Waals surface area contributed by atoms with Crippen LogP contribution < -0.4 is 15.5 Å². The van der Waals surface area contributed by atoms with Gasteiger partial charge in [-0.15, -0.1) is 0 Å². The number of fused-ring (bicyclic) bond motifs is 1. The SMILES string of the molecule is CC[C@H](C)[C@@H](C(=O)NC1CCc2cccc3c2N(C1=O)C(C(=O)NCc1ccn[nH]1)C3)N(CCOCCF)C(=O)Cc1nc2ccccc2o1. The number of amides is 4. The van der Waals surface area contributed by atoms with E-state index in [1.165, 1.54) is 9.80 Å². The molecule has 4 heterocycles. The van der Waals surface area contributed by atoms with Crippen LogP contribution in [0.2, 0.25) is 0 Å². The van der Waals surface area contributed by atoms with E-state index in [-0.39, 0.29) is 56.3 Å². The summed E-state index contributed by atoms with van der Waals surface area (Å²) < 4.78 is 24.1. The number of ether oxygens (including phenoxy) is 1. The molecule has 4 atom stereocenters. The van der Waals surface area contributed by atoms with Gasteiger partial charge in [0.25, 0.3) is 0 Å². The van der Waals surface area contributed by atoms with Crippen LogP contribution in [0.3, 0.4) is 0 Å². The van der Waals surface area contributed by atoms with E-state index < -0.39 is 36.6 Å². The van der Waals surface area contributed by atoms with E-state index in [0.717, 1.165) is 22.5 Å². The Morgan fingerprint density at radius 1 is 1.14 bits per heavy atom. The molecule has 0 fully saturated rings. The zero-order valence-electron chi connectivity index (χ0n) is 28.2. The van der Waals surface area contributed by atoms with Gasteiger partial charge >= 0.3 is 0 Å². The first-order valence-electron chi connectivity index (χ1n) is 17.1. The van der Waals surface area contributed by atoms with Crippen molar-refractivity contribution >= 4 is 40.4 Å². The Kier molecular flexibility index (Phi) is 10.9. The minimum absolute atomic E-state index is 0.00694. The number of benzene rings is 2. The fourth-order valence-corrected chi connectivity index (χ4v) is 6.81. The third kappa shape index (κ3) is 7.39. The van der Waals surface area contributed by atoms with Crippen LogP contribution in [0, 0.1) is 5.92 Å². The molecule has 4 aromatic rings. The van der Waals surface area contributed by atoms with Crippen molar-refractivity contribution in [2.75, 3.05) is 31.3 Å². The number of carbonyl (C=O) groups excluding carboxylic acids is 4. The lowest BCUT2D eigenvalue weighted by atomic mass is 9.95. The average molecular weight is 688 g/mol. The molecule has 2 aliphatic rings. The van der Waals surface area contributed by atoms with Crippen molar-refractivity contribution in [2.45, 2.75) is 70.6 Å². The number of aromatic amines is 1. The van der Waals surface area contributed by atoms with Crippen LogP contribution in [0.25, 0.3) is 11.1 Å². The first kappa shape index (κ1) is 34.7. The number of rotatable bonds is 15. The first-order chi connectivity index (χ1) is 24.3. The molecule has 14 heteroatoms. The van der Waals surface area contributed by atoms with E-state index in [2.05, 4.69) is 25.8 Å². The topological polar surface area (TPSA) is 163 Å². The zero-order valence-corrected chi connectivity index (χ0v) is 28.2. The smallest absolute Gasteiger partial charge is 0.250 e. The molecule has 264 valence electrons. The first-order valence-corrected chi connectivity index (χ1v) is 17.1. The second-order valence-corrected chi connectivity index (χ2v) is 12.7. The average Bonchev–Trinajstić information content (AvgIpc) is 3.86. The number of H-pyrrole nitrogens is 1. The second-order valence-electron chi connectivity index (χ2n) is 12.7. The normalized spacial score (nSPS) is 18.0. The second kappa shape index (κ2) is 15.6. The van der Waals surface area contributed by atoms with Crippen LogP contribution in [0.4, 0.5) is 10.1 Å². The highest BCUT2D eigenvalue weighted by Gasteiger charge is 2.45. The number of hydrogen-bond acceptors (Lipinski definition) is 8. The number of nitrogens with one attached hydrogen (secondary N) is 3. The molecule has 0 spiro atoms. The van der Waals surface area contributed by atoms with Crippen molar-refractivity contribution in [3.8, 4) is 0 Å². The number of carbonyl (C=O) groups is 4. The van der Waals surface area contributed by atoms with Crippen molar-refractivity contribution in [3.05, 3.63) is 77.4 Å². The fraction of sp³-hybridized carbons (Fsp3) is 0.444. The summed E-state index contributed by atoms with van der Waals surface area (Å²) in [5.41, 5.74) is 4.41. The number of aryl methyl sites for hydroxylation is 1. The number of oxazole rings is 1. The third-order valence-corrected chi connectivity index (χ3v) is 9.48. The fourth-order valence-electron chi connectivity index (χ4n) is 6.81. The summed E-state index contributed by atoms with van der Waals surface area (Å²) in [7, 11) is 0. The standard InChI is InChI=1S/C36H42FN7O6/c1-3-22(2)32(43(16-18-49-17-14-37)31(45)20-30-40-26-9-4-5-10-29(26)50-30)35(47)41-27-12-11-23-7-6-8-24-19-28(44(33(23)24)36(27)48)34(46)38-21-25-13-15-39-42-25/h4-10,13,15,22,27-28,32H,3,11-12,14,16-21H2,1-2H3,(H,38,46)(H,39,42)(H,41,47)/t22-,27?,28?,32-/m0/s1. The van der Waals surface area contributed by atoms with Gasteiger partial charge in [-0.2, -0.15) is 5.10 Å². The number of aromatic nitrogens is 3. The Hall–Kier alpha value is -5.11. The van der Waals surface area contributed by atoms with Crippen molar-refractivity contribution in [1.82, 2.24) is 30.7 Å². The summed E-state index contributed by atoms with van der Waals surface area (Å²) in [6, 6.07) is 12.0.